The average Bonchev–Trinajstić information content (AvgIpc) is 2.30. The summed E-state index contributed by atoms with van der Waals surface area (Å²) in [6, 6.07) is 3.52. The third-order valence-corrected chi connectivity index (χ3v) is 2.57. The first-order chi connectivity index (χ1) is 8.50. The van der Waals surface area contributed by atoms with E-state index in [4.69, 9.17) is 0 Å². The van der Waals surface area contributed by atoms with Crippen LogP contribution in [-0.4, -0.2) is 31.4 Å². The van der Waals surface area contributed by atoms with Gasteiger partial charge < -0.3 is 10.2 Å². The number of rotatable bonds is 6. The number of nitrogens with one attached hydrogen (secondary N) is 1. The minimum Gasteiger partial charge on any atom is -0.349 e. The second-order valence-electron chi connectivity index (χ2n) is 4.30. The van der Waals surface area contributed by atoms with Crippen LogP contribution in [0.2, 0.25) is 0 Å². The van der Waals surface area contributed by atoms with Crippen LogP contribution >= 0.6 is 0 Å². The van der Waals surface area contributed by atoms with Gasteiger partial charge in [0.25, 0.3) is 0 Å². The molecule has 1 aromatic carbocycles. The van der Waals surface area contributed by atoms with Crippen LogP contribution < -0.4 is 5.32 Å². The Labute approximate surface area is 106 Å². The maximum atomic E-state index is 13.3. The van der Waals surface area contributed by atoms with Crippen molar-refractivity contribution in [2.24, 2.45) is 0 Å². The summed E-state index contributed by atoms with van der Waals surface area (Å²) >= 11 is 0. The van der Waals surface area contributed by atoms with Gasteiger partial charge in [-0.05, 0) is 19.0 Å². The molecule has 100 valence electrons. The molecule has 0 saturated heterocycles. The van der Waals surface area contributed by atoms with Crippen molar-refractivity contribution < 1.29 is 13.6 Å². The molecule has 0 radical (unpaired) electrons. The lowest BCUT2D eigenvalue weighted by Crippen LogP contribution is -2.23. The molecule has 0 saturated carbocycles. The van der Waals surface area contributed by atoms with Gasteiger partial charge in [-0.1, -0.05) is 6.07 Å². The molecule has 18 heavy (non-hydrogen) atoms. The number of benzene rings is 1. The summed E-state index contributed by atoms with van der Waals surface area (Å²) in [6.07, 6.45) is 1.16. The molecule has 0 atom stereocenters. The Morgan fingerprint density at radius 3 is 2.67 bits per heavy atom. The summed E-state index contributed by atoms with van der Waals surface area (Å²) in [5, 5.41) is 3.02. The van der Waals surface area contributed by atoms with Crippen LogP contribution in [0.15, 0.2) is 18.2 Å². The van der Waals surface area contributed by atoms with E-state index in [1.54, 1.807) is 19.0 Å². The second kappa shape index (κ2) is 7.06. The van der Waals surface area contributed by atoms with Gasteiger partial charge in [-0.15, -0.1) is 0 Å². The van der Waals surface area contributed by atoms with Crippen LogP contribution in [0.1, 0.15) is 18.4 Å². The molecular weight excluding hydrogens is 238 g/mol. The van der Waals surface area contributed by atoms with Crippen LogP contribution in [-0.2, 0) is 11.3 Å². The van der Waals surface area contributed by atoms with Crippen LogP contribution in [0.3, 0.4) is 0 Å². The fraction of sp³-hybridized carbons (Fsp3) is 0.462. The molecule has 1 aromatic rings. The molecule has 0 bridgehead atoms. The highest BCUT2D eigenvalue weighted by molar-refractivity contribution is 5.75. The van der Waals surface area contributed by atoms with Crippen LogP contribution in [0.4, 0.5) is 8.78 Å². The summed E-state index contributed by atoms with van der Waals surface area (Å²) in [4.78, 5) is 12.8. The fourth-order valence-corrected chi connectivity index (χ4v) is 1.48. The Bertz CT molecular complexity index is 408. The van der Waals surface area contributed by atoms with E-state index >= 15 is 0 Å². The van der Waals surface area contributed by atoms with E-state index in [-0.39, 0.29) is 5.91 Å². The zero-order valence-electron chi connectivity index (χ0n) is 10.7. The first-order valence-corrected chi connectivity index (χ1v) is 5.85. The predicted octanol–water partition coefficient (Wildman–Crippen LogP) is 1.92. The maximum absolute atomic E-state index is 13.3. The molecule has 0 heterocycles. The van der Waals surface area contributed by atoms with E-state index in [1.807, 2.05) is 0 Å². The Morgan fingerprint density at radius 1 is 1.33 bits per heavy atom. The van der Waals surface area contributed by atoms with Crippen molar-refractivity contribution in [1.82, 2.24) is 10.2 Å². The van der Waals surface area contributed by atoms with E-state index in [9.17, 15) is 13.6 Å². The number of hydrogen-bond acceptors (Lipinski definition) is 2. The molecule has 1 N–H and O–H groups in total. The molecule has 1 amide bonds. The fourth-order valence-electron chi connectivity index (χ4n) is 1.48. The maximum Gasteiger partial charge on any atom is 0.222 e. The van der Waals surface area contributed by atoms with Crippen molar-refractivity contribution in [3.05, 3.63) is 35.4 Å². The minimum absolute atomic E-state index is 0.0739. The Kier molecular flexibility index (Phi) is 5.71. The molecule has 1 rings (SSSR count). The van der Waals surface area contributed by atoms with Crippen molar-refractivity contribution in [2.45, 2.75) is 19.4 Å². The average molecular weight is 256 g/mol. The monoisotopic (exact) mass is 256 g/mol. The molecule has 0 aliphatic carbocycles. The molecule has 0 aliphatic rings. The van der Waals surface area contributed by atoms with Gasteiger partial charge in [0.2, 0.25) is 5.91 Å². The quantitative estimate of drug-likeness (QED) is 0.789. The van der Waals surface area contributed by atoms with E-state index in [2.05, 4.69) is 5.32 Å². The lowest BCUT2D eigenvalue weighted by Gasteiger charge is -2.10. The second-order valence-corrected chi connectivity index (χ2v) is 4.30. The van der Waals surface area contributed by atoms with Gasteiger partial charge in [0.15, 0.2) is 0 Å². The van der Waals surface area contributed by atoms with Crippen molar-refractivity contribution in [1.29, 1.82) is 0 Å². The van der Waals surface area contributed by atoms with E-state index in [1.165, 1.54) is 12.1 Å². The van der Waals surface area contributed by atoms with Crippen molar-refractivity contribution in [2.75, 3.05) is 20.6 Å². The first kappa shape index (κ1) is 14.6. The topological polar surface area (TPSA) is 32.3 Å². The van der Waals surface area contributed by atoms with Crippen LogP contribution in [0.5, 0.6) is 0 Å². The molecule has 0 fully saturated rings. The zero-order chi connectivity index (χ0) is 13.5. The third kappa shape index (κ3) is 4.79. The first-order valence-electron chi connectivity index (χ1n) is 5.85. The largest absolute Gasteiger partial charge is 0.349 e. The molecule has 0 aromatic heterocycles. The summed E-state index contributed by atoms with van der Waals surface area (Å²) in [5.74, 6) is -1.05. The summed E-state index contributed by atoms with van der Waals surface area (Å²) in [7, 11) is 3.42. The van der Waals surface area contributed by atoms with E-state index in [0.29, 0.717) is 31.5 Å². The van der Waals surface area contributed by atoms with Gasteiger partial charge in [-0.2, -0.15) is 0 Å². The van der Waals surface area contributed by atoms with Gasteiger partial charge >= 0.3 is 0 Å². The Balaban J connectivity index is 2.24. The lowest BCUT2D eigenvalue weighted by atomic mass is 10.2. The molecule has 0 aliphatic heterocycles. The number of carbonyl (C=O) groups excluding carboxylic acids is 1. The van der Waals surface area contributed by atoms with Gasteiger partial charge in [-0.3, -0.25) is 4.79 Å². The summed E-state index contributed by atoms with van der Waals surface area (Å²) in [6.45, 7) is 0.957. The van der Waals surface area contributed by atoms with Gasteiger partial charge in [0, 0.05) is 38.7 Å². The number of carbonyl (C=O) groups is 1. The molecule has 0 unspecified atom stereocenters. The van der Waals surface area contributed by atoms with Gasteiger partial charge in [0.05, 0.1) is 0 Å². The molecule has 0 spiro atoms. The highest BCUT2D eigenvalue weighted by Crippen LogP contribution is 2.08. The number of nitrogens with zero attached hydrogens (tertiary/aromatic N) is 1. The van der Waals surface area contributed by atoms with Crippen molar-refractivity contribution in [3.63, 3.8) is 0 Å². The van der Waals surface area contributed by atoms with Crippen molar-refractivity contribution in [3.8, 4) is 0 Å². The minimum atomic E-state index is -0.576. The highest BCUT2D eigenvalue weighted by atomic mass is 19.1. The van der Waals surface area contributed by atoms with Crippen LogP contribution in [0.25, 0.3) is 0 Å². The van der Waals surface area contributed by atoms with E-state index < -0.39 is 11.6 Å². The predicted molar refractivity (Wildman–Crippen MR) is 66.0 cm³/mol. The highest BCUT2D eigenvalue weighted by Gasteiger charge is 2.04. The number of hydrogen-bond donors (Lipinski definition) is 1. The van der Waals surface area contributed by atoms with Gasteiger partial charge in [-0.25, -0.2) is 8.78 Å². The zero-order valence-corrected chi connectivity index (χ0v) is 10.7. The summed E-state index contributed by atoms with van der Waals surface area (Å²) in [5.41, 5.74) is 0.426. The standard InChI is InChI=1S/C13H18F2N2O/c1-17(2)13(18)4-3-7-16-9-10-5-6-11(14)8-12(10)15/h5-6,8,16H,3-4,7,9H2,1-2H3. The smallest absolute Gasteiger partial charge is 0.222 e. The van der Waals surface area contributed by atoms with Crippen molar-refractivity contribution >= 4 is 5.91 Å². The summed E-state index contributed by atoms with van der Waals surface area (Å²) < 4.78 is 25.9. The Morgan fingerprint density at radius 2 is 2.06 bits per heavy atom. The third-order valence-electron chi connectivity index (χ3n) is 2.57. The lowest BCUT2D eigenvalue weighted by molar-refractivity contribution is -0.128. The normalized spacial score (nSPS) is 10.4. The molecule has 5 heteroatoms. The SMILES string of the molecule is CN(C)C(=O)CCCNCc1ccc(F)cc1F. The Hall–Kier alpha value is -1.49. The number of amides is 1. The van der Waals surface area contributed by atoms with E-state index in [0.717, 1.165) is 6.07 Å². The van der Waals surface area contributed by atoms with Gasteiger partial charge in [0.1, 0.15) is 11.6 Å². The molecular formula is C13H18F2N2O. The molecule has 3 nitrogen and oxygen atoms in total. The van der Waals surface area contributed by atoms with Crippen LogP contribution in [0, 0.1) is 11.6 Å². The number of halogens is 2.